The van der Waals surface area contributed by atoms with Crippen LogP contribution in [0.1, 0.15) is 42.6 Å². The van der Waals surface area contributed by atoms with E-state index in [4.69, 9.17) is 13.9 Å². The van der Waals surface area contributed by atoms with Gasteiger partial charge in [0, 0.05) is 17.6 Å². The van der Waals surface area contributed by atoms with Crippen LogP contribution in [0.2, 0.25) is 0 Å². The van der Waals surface area contributed by atoms with Gasteiger partial charge >= 0.3 is 5.97 Å². The van der Waals surface area contributed by atoms with Crippen molar-refractivity contribution in [2.75, 3.05) is 26.3 Å². The van der Waals surface area contributed by atoms with E-state index in [9.17, 15) is 4.79 Å². The number of hydrogen-bond donors (Lipinski definition) is 0. The number of ether oxygens (including phenoxy) is 2. The summed E-state index contributed by atoms with van der Waals surface area (Å²) in [5, 5.41) is 0. The molecular formula is C18H23BrN2O4. The van der Waals surface area contributed by atoms with Crippen LogP contribution < -0.4 is 0 Å². The van der Waals surface area contributed by atoms with Crippen molar-refractivity contribution in [3.8, 4) is 0 Å². The van der Waals surface area contributed by atoms with E-state index in [1.165, 1.54) is 0 Å². The van der Waals surface area contributed by atoms with Gasteiger partial charge in [0.15, 0.2) is 5.58 Å². The number of esters is 1. The smallest absolute Gasteiger partial charge is 0.341 e. The summed E-state index contributed by atoms with van der Waals surface area (Å²) < 4.78 is 17.6. The molecule has 2 heterocycles. The number of carbonyl (C=O) groups excluding carboxylic acids is 1. The van der Waals surface area contributed by atoms with Gasteiger partial charge in [-0.2, -0.15) is 0 Å². The maximum Gasteiger partial charge on any atom is 0.341 e. The van der Waals surface area contributed by atoms with Crippen molar-refractivity contribution in [2.45, 2.75) is 39.8 Å². The van der Waals surface area contributed by atoms with Crippen molar-refractivity contribution in [1.29, 1.82) is 0 Å². The highest BCUT2D eigenvalue weighted by molar-refractivity contribution is 9.10. The lowest BCUT2D eigenvalue weighted by Gasteiger charge is -2.24. The van der Waals surface area contributed by atoms with Gasteiger partial charge in [0.2, 0.25) is 5.89 Å². The maximum atomic E-state index is 12.7. The first-order valence-corrected chi connectivity index (χ1v) is 9.16. The van der Waals surface area contributed by atoms with Gasteiger partial charge in [0.05, 0.1) is 25.3 Å². The third-order valence-electron chi connectivity index (χ3n) is 3.99. The highest BCUT2D eigenvalue weighted by atomic mass is 79.9. The molecule has 1 saturated heterocycles. The van der Waals surface area contributed by atoms with Crippen molar-refractivity contribution in [2.24, 2.45) is 0 Å². The zero-order valence-corrected chi connectivity index (χ0v) is 16.6. The Labute approximate surface area is 155 Å². The van der Waals surface area contributed by atoms with Crippen LogP contribution >= 0.6 is 15.9 Å². The average Bonchev–Trinajstić information content (AvgIpc) is 2.89. The van der Waals surface area contributed by atoms with E-state index < -0.39 is 5.60 Å². The van der Waals surface area contributed by atoms with Gasteiger partial charge in [-0.3, -0.25) is 4.90 Å². The topological polar surface area (TPSA) is 64.8 Å². The maximum absolute atomic E-state index is 12.7. The summed E-state index contributed by atoms with van der Waals surface area (Å²) in [4.78, 5) is 19.5. The monoisotopic (exact) mass is 410 g/mol. The van der Waals surface area contributed by atoms with Crippen LogP contribution in [0.3, 0.4) is 0 Å². The first-order valence-electron chi connectivity index (χ1n) is 8.36. The third-order valence-corrected chi connectivity index (χ3v) is 4.81. The third kappa shape index (κ3) is 4.22. The Hall–Kier alpha value is -1.44. The van der Waals surface area contributed by atoms with Crippen LogP contribution in [0, 0.1) is 6.92 Å². The fourth-order valence-electron chi connectivity index (χ4n) is 2.77. The van der Waals surface area contributed by atoms with Crippen molar-refractivity contribution < 1.29 is 18.7 Å². The number of fused-ring (bicyclic) bond motifs is 1. The second kappa shape index (κ2) is 7.05. The number of morpholine rings is 1. The van der Waals surface area contributed by atoms with Crippen molar-refractivity contribution in [1.82, 2.24) is 9.88 Å². The SMILES string of the molecule is Cc1c(Br)cc2oc(CN3CCOCC3)nc2c1C(=O)OC(C)(C)C. The summed E-state index contributed by atoms with van der Waals surface area (Å²) in [6.45, 7) is 11.1. The summed E-state index contributed by atoms with van der Waals surface area (Å²) >= 11 is 3.50. The van der Waals surface area contributed by atoms with E-state index in [1.54, 1.807) is 0 Å². The minimum Gasteiger partial charge on any atom is -0.456 e. The predicted molar refractivity (Wildman–Crippen MR) is 97.7 cm³/mol. The van der Waals surface area contributed by atoms with Gasteiger partial charge in [-0.15, -0.1) is 0 Å². The molecule has 0 N–H and O–H groups in total. The molecule has 2 aromatic rings. The first-order chi connectivity index (χ1) is 11.7. The molecule has 1 fully saturated rings. The van der Waals surface area contributed by atoms with Gasteiger partial charge in [-0.25, -0.2) is 9.78 Å². The Balaban J connectivity index is 1.97. The number of benzene rings is 1. The zero-order valence-electron chi connectivity index (χ0n) is 15.0. The number of nitrogens with zero attached hydrogens (tertiary/aromatic N) is 2. The lowest BCUT2D eigenvalue weighted by molar-refractivity contribution is 0.00707. The molecule has 1 aromatic carbocycles. The summed E-state index contributed by atoms with van der Waals surface area (Å²) in [5.74, 6) is 0.210. The predicted octanol–water partition coefficient (Wildman–Crippen LogP) is 3.69. The molecule has 0 atom stereocenters. The highest BCUT2D eigenvalue weighted by Crippen LogP contribution is 2.31. The number of hydrogen-bond acceptors (Lipinski definition) is 6. The molecule has 25 heavy (non-hydrogen) atoms. The summed E-state index contributed by atoms with van der Waals surface area (Å²) in [7, 11) is 0. The summed E-state index contributed by atoms with van der Waals surface area (Å²) in [6.07, 6.45) is 0. The second-order valence-corrected chi connectivity index (χ2v) is 8.06. The number of rotatable bonds is 3. The fourth-order valence-corrected chi connectivity index (χ4v) is 3.18. The van der Waals surface area contributed by atoms with Crippen LogP contribution in [0.4, 0.5) is 0 Å². The molecule has 1 aliphatic rings. The molecule has 6 nitrogen and oxygen atoms in total. The quantitative estimate of drug-likeness (QED) is 0.718. The van der Waals surface area contributed by atoms with Crippen LogP contribution in [-0.4, -0.2) is 47.8 Å². The van der Waals surface area contributed by atoms with Crippen molar-refractivity contribution in [3.05, 3.63) is 27.6 Å². The molecule has 0 radical (unpaired) electrons. The molecule has 0 unspecified atom stereocenters. The van der Waals surface area contributed by atoms with E-state index >= 15 is 0 Å². The van der Waals surface area contributed by atoms with E-state index in [0.29, 0.717) is 42.3 Å². The van der Waals surface area contributed by atoms with E-state index in [2.05, 4.69) is 25.8 Å². The van der Waals surface area contributed by atoms with E-state index in [0.717, 1.165) is 23.1 Å². The molecule has 7 heteroatoms. The molecule has 3 rings (SSSR count). The lowest BCUT2D eigenvalue weighted by Crippen LogP contribution is -2.35. The average molecular weight is 411 g/mol. The van der Waals surface area contributed by atoms with Crippen LogP contribution in [0.5, 0.6) is 0 Å². The summed E-state index contributed by atoms with van der Waals surface area (Å²) in [6, 6.07) is 1.86. The van der Waals surface area contributed by atoms with Crippen molar-refractivity contribution >= 4 is 33.0 Å². The molecule has 1 aliphatic heterocycles. The highest BCUT2D eigenvalue weighted by Gasteiger charge is 2.26. The van der Waals surface area contributed by atoms with E-state index in [-0.39, 0.29) is 5.97 Å². The van der Waals surface area contributed by atoms with Gasteiger partial charge in [0.25, 0.3) is 0 Å². The van der Waals surface area contributed by atoms with Crippen molar-refractivity contribution in [3.63, 3.8) is 0 Å². The van der Waals surface area contributed by atoms with Crippen LogP contribution in [-0.2, 0) is 16.0 Å². The minimum absolute atomic E-state index is 0.387. The lowest BCUT2D eigenvalue weighted by atomic mass is 10.1. The molecule has 0 saturated carbocycles. The summed E-state index contributed by atoms with van der Waals surface area (Å²) in [5.41, 5.74) is 1.82. The normalized spacial score (nSPS) is 16.4. The molecule has 0 aliphatic carbocycles. The standard InChI is InChI=1S/C18H23BrN2O4/c1-11-12(19)9-13-16(15(11)17(22)25-18(2,3)4)20-14(24-13)10-21-5-7-23-8-6-21/h9H,5-8,10H2,1-4H3. The molecule has 0 bridgehead atoms. The fraction of sp³-hybridized carbons (Fsp3) is 0.556. The molecule has 0 amide bonds. The molecule has 136 valence electrons. The molecular weight excluding hydrogens is 388 g/mol. The number of carbonyl (C=O) groups is 1. The first kappa shape index (κ1) is 18.4. The largest absolute Gasteiger partial charge is 0.456 e. The number of oxazole rings is 1. The number of halogens is 1. The van der Waals surface area contributed by atoms with Gasteiger partial charge in [-0.1, -0.05) is 15.9 Å². The Kier molecular flexibility index (Phi) is 5.18. The molecule has 0 spiro atoms. The van der Waals surface area contributed by atoms with E-state index in [1.807, 2.05) is 33.8 Å². The zero-order chi connectivity index (χ0) is 18.2. The second-order valence-electron chi connectivity index (χ2n) is 7.20. The Morgan fingerprint density at radius 3 is 2.68 bits per heavy atom. The van der Waals surface area contributed by atoms with Crippen LogP contribution in [0.15, 0.2) is 15.0 Å². The number of aromatic nitrogens is 1. The Morgan fingerprint density at radius 1 is 1.36 bits per heavy atom. The van der Waals surface area contributed by atoms with Gasteiger partial charge in [0.1, 0.15) is 11.1 Å². The Morgan fingerprint density at radius 2 is 2.04 bits per heavy atom. The molecule has 1 aromatic heterocycles. The van der Waals surface area contributed by atoms with Gasteiger partial charge < -0.3 is 13.9 Å². The van der Waals surface area contributed by atoms with Crippen LogP contribution in [0.25, 0.3) is 11.1 Å². The minimum atomic E-state index is -0.571. The Bertz CT molecular complexity index is 788. The van der Waals surface area contributed by atoms with Gasteiger partial charge in [-0.05, 0) is 39.3 Å².